The van der Waals surface area contributed by atoms with Crippen LogP contribution in [0, 0.1) is 0 Å². The summed E-state index contributed by atoms with van der Waals surface area (Å²) in [6.45, 7) is 6.55. The van der Waals surface area contributed by atoms with Gasteiger partial charge in [-0.05, 0) is 56.5 Å². The Balaban J connectivity index is 1.87. The molecule has 0 aromatic heterocycles. The molecule has 21 heavy (non-hydrogen) atoms. The van der Waals surface area contributed by atoms with E-state index in [9.17, 15) is 0 Å². The molecule has 1 aliphatic heterocycles. The molecule has 3 rings (SSSR count). The topological polar surface area (TPSA) is 32.5 Å². The number of rotatable bonds is 2. The highest BCUT2D eigenvalue weighted by Gasteiger charge is 2.42. The number of fused-ring (bicyclic) bond motifs is 1. The minimum Gasteiger partial charge on any atom is -0.329 e. The molecule has 4 heteroatoms. The summed E-state index contributed by atoms with van der Waals surface area (Å²) in [5.41, 5.74) is 9.43. The van der Waals surface area contributed by atoms with Crippen molar-refractivity contribution < 1.29 is 0 Å². The Morgan fingerprint density at radius 1 is 1.33 bits per heavy atom. The number of nitrogens with zero attached hydrogens (tertiary/aromatic N) is 2. The van der Waals surface area contributed by atoms with Crippen LogP contribution >= 0.6 is 15.9 Å². The number of benzene rings is 1. The molecule has 1 saturated heterocycles. The van der Waals surface area contributed by atoms with E-state index in [4.69, 9.17) is 5.73 Å². The molecule has 0 spiro atoms. The van der Waals surface area contributed by atoms with Crippen LogP contribution in [0.25, 0.3) is 0 Å². The van der Waals surface area contributed by atoms with E-state index in [1.165, 1.54) is 22.0 Å². The number of hydrogen-bond acceptors (Lipinski definition) is 3. The van der Waals surface area contributed by atoms with Crippen molar-refractivity contribution in [2.24, 2.45) is 5.73 Å². The van der Waals surface area contributed by atoms with Crippen LogP contribution in [0.4, 0.5) is 0 Å². The number of nitrogens with two attached hydrogens (primary N) is 1. The van der Waals surface area contributed by atoms with E-state index in [1.54, 1.807) is 0 Å². The van der Waals surface area contributed by atoms with Crippen molar-refractivity contribution in [1.29, 1.82) is 0 Å². The van der Waals surface area contributed by atoms with Crippen molar-refractivity contribution in [1.82, 2.24) is 9.80 Å². The maximum atomic E-state index is 6.29. The van der Waals surface area contributed by atoms with Crippen LogP contribution in [0.5, 0.6) is 0 Å². The van der Waals surface area contributed by atoms with E-state index < -0.39 is 0 Å². The van der Waals surface area contributed by atoms with Gasteiger partial charge in [0.25, 0.3) is 0 Å². The first kappa shape index (κ1) is 15.5. The van der Waals surface area contributed by atoms with Gasteiger partial charge in [0.1, 0.15) is 0 Å². The van der Waals surface area contributed by atoms with Crippen LogP contribution < -0.4 is 5.73 Å². The third-order valence-corrected chi connectivity index (χ3v) is 5.86. The third kappa shape index (κ3) is 2.91. The molecule has 2 atom stereocenters. The van der Waals surface area contributed by atoms with Crippen LogP contribution in [-0.4, -0.2) is 54.6 Å². The lowest BCUT2D eigenvalue weighted by Crippen LogP contribution is -2.65. The zero-order chi connectivity index (χ0) is 15.0. The summed E-state index contributed by atoms with van der Waals surface area (Å²) in [7, 11) is 2.22. The molecular weight excluding hydrogens is 326 g/mol. The number of hydrogen-bond donors (Lipinski definition) is 1. The first-order valence-corrected chi connectivity index (χ1v) is 8.76. The van der Waals surface area contributed by atoms with Gasteiger partial charge in [-0.3, -0.25) is 4.90 Å². The molecule has 1 heterocycles. The second-order valence-electron chi connectivity index (χ2n) is 6.82. The second-order valence-corrected chi connectivity index (χ2v) is 7.74. The van der Waals surface area contributed by atoms with Gasteiger partial charge in [0.2, 0.25) is 0 Å². The normalized spacial score (nSPS) is 31.1. The average molecular weight is 352 g/mol. The fourth-order valence-corrected chi connectivity index (χ4v) is 4.60. The first-order chi connectivity index (χ1) is 10.0. The van der Waals surface area contributed by atoms with Gasteiger partial charge in [0.05, 0.1) is 0 Å². The van der Waals surface area contributed by atoms with Crippen LogP contribution in [0.3, 0.4) is 0 Å². The first-order valence-electron chi connectivity index (χ1n) is 7.97. The monoisotopic (exact) mass is 351 g/mol. The van der Waals surface area contributed by atoms with Crippen molar-refractivity contribution in [3.8, 4) is 0 Å². The quantitative estimate of drug-likeness (QED) is 0.886. The predicted molar refractivity (Wildman–Crippen MR) is 91.6 cm³/mol. The standard InChI is InChI=1S/C17H26BrN3/c1-13-11-20(2)7-8-21(13)17(12-19)6-5-14-9-16(18)4-3-15(14)10-17/h3-4,9,13H,5-8,10-12,19H2,1-2H3. The fourth-order valence-electron chi connectivity index (χ4n) is 4.19. The lowest BCUT2D eigenvalue weighted by atomic mass is 9.76. The molecule has 0 saturated carbocycles. The van der Waals surface area contributed by atoms with Crippen LogP contribution in [0.15, 0.2) is 22.7 Å². The average Bonchev–Trinajstić information content (AvgIpc) is 2.47. The van der Waals surface area contributed by atoms with Crippen molar-refractivity contribution in [2.45, 2.75) is 37.8 Å². The molecule has 0 amide bonds. The van der Waals surface area contributed by atoms with E-state index in [-0.39, 0.29) is 5.54 Å². The molecule has 1 fully saturated rings. The number of aryl methyl sites for hydroxylation is 1. The molecule has 116 valence electrons. The van der Waals surface area contributed by atoms with E-state index in [1.807, 2.05) is 0 Å². The Bertz CT molecular complexity index is 519. The Morgan fingerprint density at radius 2 is 2.14 bits per heavy atom. The Kier molecular flexibility index (Phi) is 4.42. The lowest BCUT2D eigenvalue weighted by Gasteiger charge is -2.52. The van der Waals surface area contributed by atoms with Crippen molar-refractivity contribution in [3.05, 3.63) is 33.8 Å². The van der Waals surface area contributed by atoms with Gasteiger partial charge in [-0.25, -0.2) is 0 Å². The van der Waals surface area contributed by atoms with Crippen LogP contribution in [-0.2, 0) is 12.8 Å². The summed E-state index contributed by atoms with van der Waals surface area (Å²) in [5.74, 6) is 0. The molecule has 1 aromatic carbocycles. The molecule has 0 bridgehead atoms. The Morgan fingerprint density at radius 3 is 2.86 bits per heavy atom. The molecular formula is C17H26BrN3. The van der Waals surface area contributed by atoms with Gasteiger partial charge in [0.15, 0.2) is 0 Å². The summed E-state index contributed by atoms with van der Waals surface area (Å²) < 4.78 is 1.19. The summed E-state index contributed by atoms with van der Waals surface area (Å²) in [6, 6.07) is 7.32. The maximum Gasteiger partial charge on any atom is 0.0379 e. The zero-order valence-corrected chi connectivity index (χ0v) is 14.7. The predicted octanol–water partition coefficient (Wildman–Crippen LogP) is 2.27. The molecule has 2 unspecified atom stereocenters. The lowest BCUT2D eigenvalue weighted by molar-refractivity contribution is -0.00484. The SMILES string of the molecule is CC1CN(C)CCN1C1(CN)CCc2cc(Br)ccc2C1. The summed E-state index contributed by atoms with van der Waals surface area (Å²) in [5, 5.41) is 0. The maximum absolute atomic E-state index is 6.29. The third-order valence-electron chi connectivity index (χ3n) is 5.37. The van der Waals surface area contributed by atoms with Gasteiger partial charge in [-0.15, -0.1) is 0 Å². The zero-order valence-electron chi connectivity index (χ0n) is 13.1. The van der Waals surface area contributed by atoms with Gasteiger partial charge in [-0.2, -0.15) is 0 Å². The highest BCUT2D eigenvalue weighted by atomic mass is 79.9. The molecule has 2 N–H and O–H groups in total. The molecule has 1 aliphatic carbocycles. The second kappa shape index (κ2) is 5.99. The largest absolute Gasteiger partial charge is 0.329 e. The van der Waals surface area contributed by atoms with E-state index in [0.29, 0.717) is 6.04 Å². The Labute approximate surface area is 136 Å². The van der Waals surface area contributed by atoms with E-state index >= 15 is 0 Å². The molecule has 0 radical (unpaired) electrons. The number of likely N-dealkylation sites (N-methyl/N-ethyl adjacent to an activating group) is 1. The van der Waals surface area contributed by atoms with E-state index in [2.05, 4.69) is 57.9 Å². The minimum absolute atomic E-state index is 0.154. The Hall–Kier alpha value is -0.420. The summed E-state index contributed by atoms with van der Waals surface area (Å²) in [6.07, 6.45) is 3.42. The summed E-state index contributed by atoms with van der Waals surface area (Å²) >= 11 is 3.59. The van der Waals surface area contributed by atoms with Gasteiger partial charge >= 0.3 is 0 Å². The summed E-state index contributed by atoms with van der Waals surface area (Å²) in [4.78, 5) is 5.12. The highest BCUT2D eigenvalue weighted by Crippen LogP contribution is 2.36. The highest BCUT2D eigenvalue weighted by molar-refractivity contribution is 9.10. The number of halogens is 1. The minimum atomic E-state index is 0.154. The smallest absolute Gasteiger partial charge is 0.0379 e. The molecule has 2 aliphatic rings. The van der Waals surface area contributed by atoms with Gasteiger partial charge in [0, 0.05) is 42.2 Å². The van der Waals surface area contributed by atoms with E-state index in [0.717, 1.165) is 39.0 Å². The van der Waals surface area contributed by atoms with Crippen LogP contribution in [0.1, 0.15) is 24.5 Å². The molecule has 3 nitrogen and oxygen atoms in total. The van der Waals surface area contributed by atoms with Crippen molar-refractivity contribution in [2.75, 3.05) is 33.2 Å². The fraction of sp³-hybridized carbons (Fsp3) is 0.647. The molecule has 1 aromatic rings. The van der Waals surface area contributed by atoms with Gasteiger partial charge in [-0.1, -0.05) is 22.0 Å². The number of piperazine rings is 1. The van der Waals surface area contributed by atoms with Gasteiger partial charge < -0.3 is 10.6 Å². The van der Waals surface area contributed by atoms with Crippen molar-refractivity contribution >= 4 is 15.9 Å². The van der Waals surface area contributed by atoms with Crippen molar-refractivity contribution in [3.63, 3.8) is 0 Å². The van der Waals surface area contributed by atoms with Crippen LogP contribution in [0.2, 0.25) is 0 Å².